The lowest BCUT2D eigenvalue weighted by atomic mass is 10.0. The van der Waals surface area contributed by atoms with Gasteiger partial charge in [-0.05, 0) is 45.1 Å². The Labute approximate surface area is 127 Å². The van der Waals surface area contributed by atoms with Crippen LogP contribution in [0.5, 0.6) is 0 Å². The highest BCUT2D eigenvalue weighted by atomic mass is 79.9. The molecule has 4 nitrogen and oxygen atoms in total. The molecule has 0 aliphatic carbocycles. The van der Waals surface area contributed by atoms with Crippen molar-refractivity contribution in [1.82, 2.24) is 9.80 Å². The molecule has 0 aromatic heterocycles. The van der Waals surface area contributed by atoms with Crippen LogP contribution in [-0.2, 0) is 0 Å². The number of halogens is 2. The van der Waals surface area contributed by atoms with Crippen LogP contribution in [0.25, 0.3) is 0 Å². The summed E-state index contributed by atoms with van der Waals surface area (Å²) in [6, 6.07) is 4.78. The summed E-state index contributed by atoms with van der Waals surface area (Å²) in [6.45, 7) is 1.40. The van der Waals surface area contributed by atoms with Gasteiger partial charge in [-0.15, -0.1) is 0 Å². The summed E-state index contributed by atoms with van der Waals surface area (Å²) in [5, 5.41) is 2.63. The standard InChI is InChI=1S/C14H19BrFN3O/c1-18(2)11-5-7-19(8-6-11)14(20)17-13-9-10(15)3-4-12(13)16/h3-4,9,11H,5-8H2,1-2H3,(H,17,20). The van der Waals surface area contributed by atoms with Crippen LogP contribution in [0.3, 0.4) is 0 Å². The van der Waals surface area contributed by atoms with Crippen molar-refractivity contribution in [3.63, 3.8) is 0 Å². The van der Waals surface area contributed by atoms with E-state index in [1.54, 1.807) is 17.0 Å². The van der Waals surface area contributed by atoms with Gasteiger partial charge in [0.1, 0.15) is 5.82 Å². The zero-order valence-electron chi connectivity index (χ0n) is 11.7. The number of nitrogens with one attached hydrogen (secondary N) is 1. The van der Waals surface area contributed by atoms with Gasteiger partial charge in [-0.3, -0.25) is 0 Å². The molecule has 1 fully saturated rings. The Hall–Kier alpha value is -1.14. The maximum atomic E-state index is 13.6. The van der Waals surface area contributed by atoms with Gasteiger partial charge in [-0.2, -0.15) is 0 Å². The Balaban J connectivity index is 1.94. The molecule has 0 unspecified atom stereocenters. The van der Waals surface area contributed by atoms with Crippen LogP contribution in [-0.4, -0.2) is 49.1 Å². The number of likely N-dealkylation sites (tertiary alicyclic amines) is 1. The first kappa shape index (κ1) is 15.3. The molecule has 20 heavy (non-hydrogen) atoms. The molecule has 1 heterocycles. The summed E-state index contributed by atoms with van der Waals surface area (Å²) in [7, 11) is 4.11. The van der Waals surface area contributed by atoms with Crippen molar-refractivity contribution in [2.45, 2.75) is 18.9 Å². The second kappa shape index (κ2) is 6.54. The fourth-order valence-electron chi connectivity index (χ4n) is 2.37. The summed E-state index contributed by atoms with van der Waals surface area (Å²) < 4.78 is 14.3. The molecule has 1 saturated heterocycles. The number of carbonyl (C=O) groups excluding carboxylic acids is 1. The molecule has 0 atom stereocenters. The van der Waals surface area contributed by atoms with E-state index in [2.05, 4.69) is 40.2 Å². The van der Waals surface area contributed by atoms with Crippen LogP contribution in [0.4, 0.5) is 14.9 Å². The maximum absolute atomic E-state index is 13.6. The monoisotopic (exact) mass is 343 g/mol. The third-order valence-corrected chi connectivity index (χ3v) is 4.15. The summed E-state index contributed by atoms with van der Waals surface area (Å²) in [5.74, 6) is -0.426. The van der Waals surface area contributed by atoms with Crippen LogP contribution >= 0.6 is 15.9 Å². The summed E-state index contributed by atoms with van der Waals surface area (Å²) in [6.07, 6.45) is 1.89. The van der Waals surface area contributed by atoms with Gasteiger partial charge in [0.05, 0.1) is 5.69 Å². The Kier molecular flexibility index (Phi) is 4.99. The van der Waals surface area contributed by atoms with Gasteiger partial charge in [0.2, 0.25) is 0 Å². The lowest BCUT2D eigenvalue weighted by Crippen LogP contribution is -2.46. The molecule has 6 heteroatoms. The predicted molar refractivity (Wildman–Crippen MR) is 81.4 cm³/mol. The number of benzene rings is 1. The van der Waals surface area contributed by atoms with E-state index in [1.165, 1.54) is 6.07 Å². The van der Waals surface area contributed by atoms with Crippen molar-refractivity contribution >= 4 is 27.6 Å². The van der Waals surface area contributed by atoms with Gasteiger partial charge >= 0.3 is 6.03 Å². The van der Waals surface area contributed by atoms with Crippen LogP contribution in [0.2, 0.25) is 0 Å². The van der Waals surface area contributed by atoms with E-state index in [0.717, 1.165) is 17.3 Å². The molecule has 2 rings (SSSR count). The van der Waals surface area contributed by atoms with Gasteiger partial charge in [0.25, 0.3) is 0 Å². The Morgan fingerprint density at radius 3 is 2.65 bits per heavy atom. The molecule has 1 aromatic rings. The number of rotatable bonds is 2. The van der Waals surface area contributed by atoms with E-state index in [-0.39, 0.29) is 11.7 Å². The molecule has 0 saturated carbocycles. The highest BCUT2D eigenvalue weighted by Gasteiger charge is 2.24. The minimum atomic E-state index is -0.426. The first-order chi connectivity index (χ1) is 9.47. The van der Waals surface area contributed by atoms with E-state index in [1.807, 2.05) is 0 Å². The van der Waals surface area contributed by atoms with Crippen molar-refractivity contribution < 1.29 is 9.18 Å². The number of carbonyl (C=O) groups is 1. The third kappa shape index (κ3) is 3.70. The fourth-order valence-corrected chi connectivity index (χ4v) is 2.73. The van der Waals surface area contributed by atoms with E-state index in [9.17, 15) is 9.18 Å². The number of hydrogen-bond acceptors (Lipinski definition) is 2. The molecular formula is C14H19BrFN3O. The molecule has 2 amide bonds. The maximum Gasteiger partial charge on any atom is 0.321 e. The van der Waals surface area contributed by atoms with E-state index in [4.69, 9.17) is 0 Å². The normalized spacial score (nSPS) is 16.6. The molecule has 1 N–H and O–H groups in total. The number of nitrogens with zero attached hydrogens (tertiary/aromatic N) is 2. The van der Waals surface area contributed by atoms with Gasteiger partial charge in [0, 0.05) is 23.6 Å². The minimum Gasteiger partial charge on any atom is -0.324 e. The van der Waals surface area contributed by atoms with Crippen molar-refractivity contribution in [2.24, 2.45) is 0 Å². The van der Waals surface area contributed by atoms with Gasteiger partial charge in [-0.1, -0.05) is 15.9 Å². The summed E-state index contributed by atoms with van der Waals surface area (Å²) in [4.78, 5) is 16.0. The Morgan fingerprint density at radius 2 is 2.05 bits per heavy atom. The zero-order chi connectivity index (χ0) is 14.7. The molecule has 110 valence electrons. The first-order valence-corrected chi connectivity index (χ1v) is 7.44. The third-order valence-electron chi connectivity index (χ3n) is 3.65. The topological polar surface area (TPSA) is 35.6 Å². The molecular weight excluding hydrogens is 325 g/mol. The van der Waals surface area contributed by atoms with Crippen LogP contribution in [0.1, 0.15) is 12.8 Å². The lowest BCUT2D eigenvalue weighted by molar-refractivity contribution is 0.156. The Morgan fingerprint density at radius 1 is 1.40 bits per heavy atom. The number of hydrogen-bond donors (Lipinski definition) is 1. The quantitative estimate of drug-likeness (QED) is 0.895. The van der Waals surface area contributed by atoms with Crippen LogP contribution in [0.15, 0.2) is 22.7 Å². The number of piperidine rings is 1. The van der Waals surface area contributed by atoms with Crippen molar-refractivity contribution in [1.29, 1.82) is 0 Å². The molecule has 0 bridgehead atoms. The number of urea groups is 1. The predicted octanol–water partition coefficient (Wildman–Crippen LogP) is 3.15. The van der Waals surface area contributed by atoms with E-state index >= 15 is 0 Å². The van der Waals surface area contributed by atoms with Crippen molar-refractivity contribution in [3.05, 3.63) is 28.5 Å². The van der Waals surface area contributed by atoms with Gasteiger partial charge in [-0.25, -0.2) is 9.18 Å². The van der Waals surface area contributed by atoms with Crippen molar-refractivity contribution in [2.75, 3.05) is 32.5 Å². The van der Waals surface area contributed by atoms with Crippen LogP contribution in [0, 0.1) is 5.82 Å². The highest BCUT2D eigenvalue weighted by molar-refractivity contribution is 9.10. The second-order valence-electron chi connectivity index (χ2n) is 5.24. The van der Waals surface area contributed by atoms with E-state index < -0.39 is 5.82 Å². The second-order valence-corrected chi connectivity index (χ2v) is 6.15. The fraction of sp³-hybridized carbons (Fsp3) is 0.500. The molecule has 0 radical (unpaired) electrons. The van der Waals surface area contributed by atoms with E-state index in [0.29, 0.717) is 19.1 Å². The summed E-state index contributed by atoms with van der Waals surface area (Å²) >= 11 is 3.27. The Bertz CT molecular complexity index is 487. The molecule has 1 aromatic carbocycles. The number of anilines is 1. The zero-order valence-corrected chi connectivity index (χ0v) is 13.3. The highest BCUT2D eigenvalue weighted by Crippen LogP contribution is 2.21. The molecule has 1 aliphatic rings. The van der Waals surface area contributed by atoms with Gasteiger partial charge < -0.3 is 15.1 Å². The lowest BCUT2D eigenvalue weighted by Gasteiger charge is -2.35. The summed E-state index contributed by atoms with van der Waals surface area (Å²) in [5.41, 5.74) is 0.208. The largest absolute Gasteiger partial charge is 0.324 e. The molecule has 1 aliphatic heterocycles. The van der Waals surface area contributed by atoms with Gasteiger partial charge in [0.15, 0.2) is 0 Å². The SMILES string of the molecule is CN(C)C1CCN(C(=O)Nc2cc(Br)ccc2F)CC1. The smallest absolute Gasteiger partial charge is 0.321 e. The average molecular weight is 344 g/mol. The number of amides is 2. The minimum absolute atomic E-state index is 0.208. The average Bonchev–Trinajstić information content (AvgIpc) is 2.43. The molecule has 0 spiro atoms. The van der Waals surface area contributed by atoms with Crippen LogP contribution < -0.4 is 5.32 Å². The first-order valence-electron chi connectivity index (χ1n) is 6.65. The van der Waals surface area contributed by atoms with Crippen molar-refractivity contribution in [3.8, 4) is 0 Å².